The van der Waals surface area contributed by atoms with Crippen LogP contribution in [0.3, 0.4) is 0 Å². The molecule has 0 spiro atoms. The highest BCUT2D eigenvalue weighted by molar-refractivity contribution is 9.10. The molecule has 0 amide bonds. The molecule has 1 rings (SSSR count). The topological polar surface area (TPSA) is 26.3 Å². The molecule has 0 bridgehead atoms. The Labute approximate surface area is 103 Å². The van der Waals surface area contributed by atoms with Gasteiger partial charge in [0, 0.05) is 26.6 Å². The number of hydrogen-bond acceptors (Lipinski definition) is 2. The number of carbonyl (C=O) groups excluding carboxylic acids is 1. The second kappa shape index (κ2) is 6.76. The van der Waals surface area contributed by atoms with Gasteiger partial charge in [-0.3, -0.25) is 4.79 Å². The van der Waals surface area contributed by atoms with E-state index in [-0.39, 0.29) is 18.0 Å². The molecule has 0 unspecified atom stereocenters. The molecule has 0 heterocycles. The van der Waals surface area contributed by atoms with Crippen LogP contribution in [0.5, 0.6) is 0 Å². The molecule has 1 aromatic carbocycles. The number of hydrogen-bond donors (Lipinski definition) is 0. The van der Waals surface area contributed by atoms with E-state index >= 15 is 0 Å². The van der Waals surface area contributed by atoms with Crippen molar-refractivity contribution in [1.29, 1.82) is 0 Å². The Morgan fingerprint density at radius 1 is 1.50 bits per heavy atom. The molecule has 1 aromatic rings. The number of methoxy groups -OCH3 is 1. The summed E-state index contributed by atoms with van der Waals surface area (Å²) in [6, 6.07) is 4.72. The van der Waals surface area contributed by atoms with E-state index in [0.717, 1.165) is 0 Å². The zero-order chi connectivity index (χ0) is 12.0. The van der Waals surface area contributed by atoms with Crippen LogP contribution in [0.2, 0.25) is 0 Å². The minimum absolute atomic E-state index is 0.100. The van der Waals surface area contributed by atoms with Gasteiger partial charge in [0.2, 0.25) is 0 Å². The van der Waals surface area contributed by atoms with Crippen LogP contribution in [-0.4, -0.2) is 19.5 Å². The lowest BCUT2D eigenvalue weighted by atomic mass is 10.1. The van der Waals surface area contributed by atoms with Crippen molar-refractivity contribution >= 4 is 21.7 Å². The van der Waals surface area contributed by atoms with Gasteiger partial charge in [-0.1, -0.05) is 12.1 Å². The summed E-state index contributed by atoms with van der Waals surface area (Å²) in [5.41, 5.74) is 0.697. The minimum Gasteiger partial charge on any atom is -0.385 e. The van der Waals surface area contributed by atoms with Crippen molar-refractivity contribution in [3.63, 3.8) is 0 Å². The second-order valence-electron chi connectivity index (χ2n) is 3.52. The molecule has 0 aliphatic carbocycles. The second-order valence-corrected chi connectivity index (χ2v) is 4.32. The number of halogens is 2. The lowest BCUT2D eigenvalue weighted by molar-refractivity contribution is -0.118. The maximum atomic E-state index is 13.2. The Kier molecular flexibility index (Phi) is 5.63. The largest absolute Gasteiger partial charge is 0.385 e. The lowest BCUT2D eigenvalue weighted by Gasteiger charge is -2.04. The summed E-state index contributed by atoms with van der Waals surface area (Å²) >= 11 is 3.14. The molecule has 0 atom stereocenters. The highest BCUT2D eigenvalue weighted by atomic mass is 79.9. The minimum atomic E-state index is -0.331. The first-order valence-corrected chi connectivity index (χ1v) is 5.88. The summed E-state index contributed by atoms with van der Waals surface area (Å²) in [6.45, 7) is 0.579. The molecule has 16 heavy (non-hydrogen) atoms. The van der Waals surface area contributed by atoms with Gasteiger partial charge in [-0.25, -0.2) is 4.39 Å². The first-order chi connectivity index (χ1) is 7.65. The predicted octanol–water partition coefficient (Wildman–Crippen LogP) is 3.13. The van der Waals surface area contributed by atoms with Crippen molar-refractivity contribution in [1.82, 2.24) is 0 Å². The van der Waals surface area contributed by atoms with Gasteiger partial charge in [-0.05, 0) is 34.0 Å². The molecule has 0 fully saturated rings. The van der Waals surface area contributed by atoms with Gasteiger partial charge in [0.25, 0.3) is 0 Å². The number of rotatable bonds is 6. The fraction of sp³-hybridized carbons (Fsp3) is 0.417. The van der Waals surface area contributed by atoms with Crippen LogP contribution in [0.1, 0.15) is 18.4 Å². The Morgan fingerprint density at radius 3 is 2.94 bits per heavy atom. The standard InChI is InChI=1S/C12H14BrFO2/c1-16-7-3-5-10(15)8-9-4-2-6-11(14)12(9)13/h2,4,6H,3,5,7-8H2,1H3. The van der Waals surface area contributed by atoms with E-state index in [4.69, 9.17) is 4.74 Å². The van der Waals surface area contributed by atoms with Crippen molar-refractivity contribution < 1.29 is 13.9 Å². The van der Waals surface area contributed by atoms with Crippen LogP contribution < -0.4 is 0 Å². The van der Waals surface area contributed by atoms with Gasteiger partial charge in [-0.15, -0.1) is 0 Å². The lowest BCUT2D eigenvalue weighted by Crippen LogP contribution is -2.05. The van der Waals surface area contributed by atoms with E-state index in [1.807, 2.05) is 0 Å². The monoisotopic (exact) mass is 288 g/mol. The third kappa shape index (κ3) is 4.02. The van der Waals surface area contributed by atoms with Crippen LogP contribution in [0.15, 0.2) is 22.7 Å². The van der Waals surface area contributed by atoms with E-state index in [0.29, 0.717) is 29.5 Å². The van der Waals surface area contributed by atoms with Gasteiger partial charge in [0.1, 0.15) is 11.6 Å². The molecular formula is C12H14BrFO2. The van der Waals surface area contributed by atoms with E-state index in [1.165, 1.54) is 6.07 Å². The Bertz CT molecular complexity index is 366. The molecule has 0 radical (unpaired) electrons. The molecule has 0 saturated carbocycles. The molecule has 0 aliphatic heterocycles. The normalized spacial score (nSPS) is 10.4. The SMILES string of the molecule is COCCCC(=O)Cc1cccc(F)c1Br. The van der Waals surface area contributed by atoms with Gasteiger partial charge in [0.05, 0.1) is 4.47 Å². The predicted molar refractivity (Wildman–Crippen MR) is 63.9 cm³/mol. The van der Waals surface area contributed by atoms with E-state index < -0.39 is 0 Å². The summed E-state index contributed by atoms with van der Waals surface area (Å²) in [5.74, 6) is -0.231. The molecule has 0 aliphatic rings. The van der Waals surface area contributed by atoms with Crippen molar-refractivity contribution in [3.8, 4) is 0 Å². The molecular weight excluding hydrogens is 275 g/mol. The van der Waals surface area contributed by atoms with Crippen LogP contribution >= 0.6 is 15.9 Å². The molecule has 0 aromatic heterocycles. The molecule has 4 heteroatoms. The average molecular weight is 289 g/mol. The van der Waals surface area contributed by atoms with Crippen molar-refractivity contribution in [2.24, 2.45) is 0 Å². The molecule has 0 saturated heterocycles. The maximum absolute atomic E-state index is 13.2. The van der Waals surface area contributed by atoms with E-state index in [9.17, 15) is 9.18 Å². The van der Waals surface area contributed by atoms with Crippen LogP contribution in [0.25, 0.3) is 0 Å². The fourth-order valence-electron chi connectivity index (χ4n) is 1.40. The molecule has 2 nitrogen and oxygen atoms in total. The average Bonchev–Trinajstić information content (AvgIpc) is 2.25. The number of ketones is 1. The van der Waals surface area contributed by atoms with Crippen LogP contribution in [0.4, 0.5) is 4.39 Å². The number of ether oxygens (including phenoxy) is 1. The zero-order valence-electron chi connectivity index (χ0n) is 9.13. The quantitative estimate of drug-likeness (QED) is 0.752. The third-order valence-electron chi connectivity index (χ3n) is 2.22. The first-order valence-electron chi connectivity index (χ1n) is 5.08. The summed E-state index contributed by atoms with van der Waals surface area (Å²) in [6.07, 6.45) is 1.45. The number of benzene rings is 1. The summed E-state index contributed by atoms with van der Waals surface area (Å²) < 4.78 is 18.4. The van der Waals surface area contributed by atoms with Crippen LogP contribution in [-0.2, 0) is 16.0 Å². The zero-order valence-corrected chi connectivity index (χ0v) is 10.7. The molecule has 88 valence electrons. The van der Waals surface area contributed by atoms with Gasteiger partial charge in [-0.2, -0.15) is 0 Å². The highest BCUT2D eigenvalue weighted by Crippen LogP contribution is 2.21. The highest BCUT2D eigenvalue weighted by Gasteiger charge is 2.09. The van der Waals surface area contributed by atoms with Crippen molar-refractivity contribution in [2.75, 3.05) is 13.7 Å². The third-order valence-corrected chi connectivity index (χ3v) is 3.11. The fourth-order valence-corrected chi connectivity index (χ4v) is 1.80. The Morgan fingerprint density at radius 2 is 2.25 bits per heavy atom. The number of carbonyl (C=O) groups is 1. The summed E-state index contributed by atoms with van der Waals surface area (Å²) in [7, 11) is 1.60. The van der Waals surface area contributed by atoms with E-state index in [1.54, 1.807) is 19.2 Å². The van der Waals surface area contributed by atoms with Gasteiger partial charge >= 0.3 is 0 Å². The summed E-state index contributed by atoms with van der Waals surface area (Å²) in [4.78, 5) is 11.6. The smallest absolute Gasteiger partial charge is 0.137 e. The Hall–Kier alpha value is -0.740. The van der Waals surface area contributed by atoms with Crippen LogP contribution in [0, 0.1) is 5.82 Å². The molecule has 0 N–H and O–H groups in total. The first kappa shape index (κ1) is 13.3. The summed E-state index contributed by atoms with van der Waals surface area (Å²) in [5, 5.41) is 0. The van der Waals surface area contributed by atoms with Gasteiger partial charge < -0.3 is 4.74 Å². The van der Waals surface area contributed by atoms with E-state index in [2.05, 4.69) is 15.9 Å². The van der Waals surface area contributed by atoms with Crippen molar-refractivity contribution in [2.45, 2.75) is 19.3 Å². The number of Topliss-reactive ketones (excluding diaryl/α,β-unsaturated/α-hetero) is 1. The Balaban J connectivity index is 2.53. The van der Waals surface area contributed by atoms with Crippen molar-refractivity contribution in [3.05, 3.63) is 34.1 Å². The maximum Gasteiger partial charge on any atom is 0.137 e. The van der Waals surface area contributed by atoms with Gasteiger partial charge in [0.15, 0.2) is 0 Å².